The fourth-order valence-corrected chi connectivity index (χ4v) is 4.16. The number of hydrogen-bond donors (Lipinski definition) is 2. The Balaban J connectivity index is 0.00000312. The van der Waals surface area contributed by atoms with Gasteiger partial charge < -0.3 is 14.6 Å². The van der Waals surface area contributed by atoms with Gasteiger partial charge in [0, 0.05) is 39.1 Å². The van der Waals surface area contributed by atoms with Crippen molar-refractivity contribution in [3.8, 4) is 0 Å². The number of guanidine groups is 1. The van der Waals surface area contributed by atoms with Crippen LogP contribution >= 0.6 is 24.0 Å². The van der Waals surface area contributed by atoms with Crippen LogP contribution in [0.4, 0.5) is 0 Å². The SMILES string of the molecule is CCCN=C(NCCc1ccco1)N1CCC(S(=O)(=O)NCC)C1.I. The molecule has 0 aromatic carbocycles. The lowest BCUT2D eigenvalue weighted by Gasteiger charge is -2.22. The molecule has 7 nitrogen and oxygen atoms in total. The summed E-state index contributed by atoms with van der Waals surface area (Å²) < 4.78 is 32.3. The van der Waals surface area contributed by atoms with Crippen LogP contribution in [0.15, 0.2) is 27.8 Å². The maximum Gasteiger partial charge on any atom is 0.216 e. The Morgan fingerprint density at radius 2 is 2.24 bits per heavy atom. The van der Waals surface area contributed by atoms with Crippen molar-refractivity contribution in [2.75, 3.05) is 32.7 Å². The van der Waals surface area contributed by atoms with Gasteiger partial charge in [-0.3, -0.25) is 4.99 Å². The molecule has 2 rings (SSSR count). The van der Waals surface area contributed by atoms with Crippen LogP contribution in [0.1, 0.15) is 32.4 Å². The van der Waals surface area contributed by atoms with Gasteiger partial charge in [-0.2, -0.15) is 0 Å². The largest absolute Gasteiger partial charge is 0.469 e. The van der Waals surface area contributed by atoms with Crippen molar-refractivity contribution in [2.45, 2.75) is 38.4 Å². The zero-order valence-corrected chi connectivity index (χ0v) is 18.0. The third kappa shape index (κ3) is 6.78. The van der Waals surface area contributed by atoms with Crippen LogP contribution in [0.3, 0.4) is 0 Å². The Hall–Kier alpha value is -0.810. The molecule has 144 valence electrons. The van der Waals surface area contributed by atoms with Crippen LogP contribution in [0.5, 0.6) is 0 Å². The van der Waals surface area contributed by atoms with Crippen molar-refractivity contribution >= 4 is 40.0 Å². The van der Waals surface area contributed by atoms with E-state index in [0.29, 0.717) is 32.6 Å². The standard InChI is InChI=1S/C16H28N4O3S.HI/c1-3-9-17-16(18-10-7-14-6-5-12-23-14)20-11-8-15(13-20)24(21,22)19-4-2;/h5-6,12,15,19H,3-4,7-11,13H2,1-2H3,(H,17,18);1H. The highest BCUT2D eigenvalue weighted by molar-refractivity contribution is 14.0. The number of halogens is 1. The maximum absolute atomic E-state index is 12.2. The van der Waals surface area contributed by atoms with E-state index in [9.17, 15) is 8.42 Å². The number of sulfonamides is 1. The Kier molecular flexibility index (Phi) is 9.80. The molecule has 2 heterocycles. The average molecular weight is 484 g/mol. The molecular weight excluding hydrogens is 455 g/mol. The molecule has 1 unspecified atom stereocenters. The van der Waals surface area contributed by atoms with Gasteiger partial charge in [0.05, 0.1) is 11.5 Å². The second-order valence-electron chi connectivity index (χ2n) is 5.86. The van der Waals surface area contributed by atoms with E-state index in [4.69, 9.17) is 4.42 Å². The zero-order chi connectivity index (χ0) is 17.4. The fourth-order valence-electron chi connectivity index (χ4n) is 2.73. The molecule has 1 fully saturated rings. The van der Waals surface area contributed by atoms with Crippen molar-refractivity contribution < 1.29 is 12.8 Å². The molecule has 1 atom stereocenters. The molecule has 0 aliphatic carbocycles. The molecule has 0 saturated carbocycles. The predicted octanol–water partition coefficient (Wildman–Crippen LogP) is 1.81. The molecule has 1 aromatic heterocycles. The van der Waals surface area contributed by atoms with Crippen molar-refractivity contribution in [2.24, 2.45) is 4.99 Å². The summed E-state index contributed by atoms with van der Waals surface area (Å²) in [7, 11) is -3.24. The zero-order valence-electron chi connectivity index (χ0n) is 14.9. The van der Waals surface area contributed by atoms with E-state index in [0.717, 1.165) is 31.1 Å². The Bertz CT molecular complexity index is 619. The second-order valence-corrected chi connectivity index (χ2v) is 7.91. The van der Waals surface area contributed by atoms with E-state index in [-0.39, 0.29) is 29.2 Å². The summed E-state index contributed by atoms with van der Waals surface area (Å²) in [6.45, 7) is 6.91. The van der Waals surface area contributed by atoms with Gasteiger partial charge in [0.15, 0.2) is 5.96 Å². The summed E-state index contributed by atoms with van der Waals surface area (Å²) >= 11 is 0. The summed E-state index contributed by atoms with van der Waals surface area (Å²) in [5, 5.41) is 2.96. The van der Waals surface area contributed by atoms with Crippen LogP contribution in [-0.2, 0) is 16.4 Å². The second kappa shape index (κ2) is 11.0. The van der Waals surface area contributed by atoms with E-state index < -0.39 is 10.0 Å². The summed E-state index contributed by atoms with van der Waals surface area (Å²) in [5.74, 6) is 1.71. The number of hydrogen-bond acceptors (Lipinski definition) is 4. The number of aliphatic imine (C=N–C) groups is 1. The Labute approximate surface area is 167 Å². The van der Waals surface area contributed by atoms with Crippen LogP contribution in [0.2, 0.25) is 0 Å². The molecular formula is C16H29IN4O3S. The predicted molar refractivity (Wildman–Crippen MR) is 111 cm³/mol. The minimum atomic E-state index is -3.24. The highest BCUT2D eigenvalue weighted by atomic mass is 127. The molecule has 1 aliphatic rings. The van der Waals surface area contributed by atoms with Gasteiger partial charge in [0.25, 0.3) is 0 Å². The first-order chi connectivity index (χ1) is 11.6. The van der Waals surface area contributed by atoms with E-state index in [1.165, 1.54) is 0 Å². The van der Waals surface area contributed by atoms with E-state index in [1.807, 2.05) is 17.0 Å². The van der Waals surface area contributed by atoms with Crippen LogP contribution in [0.25, 0.3) is 0 Å². The fraction of sp³-hybridized carbons (Fsp3) is 0.688. The number of likely N-dealkylation sites (tertiary alicyclic amines) is 1. The maximum atomic E-state index is 12.2. The van der Waals surface area contributed by atoms with E-state index >= 15 is 0 Å². The minimum absolute atomic E-state index is 0. The molecule has 0 bridgehead atoms. The number of nitrogens with zero attached hydrogens (tertiary/aromatic N) is 2. The third-order valence-electron chi connectivity index (χ3n) is 3.95. The molecule has 25 heavy (non-hydrogen) atoms. The summed E-state index contributed by atoms with van der Waals surface area (Å²) in [6.07, 6.45) is 4.01. The molecule has 9 heteroatoms. The first kappa shape index (κ1) is 22.2. The molecule has 0 amide bonds. The molecule has 0 spiro atoms. The van der Waals surface area contributed by atoms with Gasteiger partial charge in [-0.15, -0.1) is 24.0 Å². The van der Waals surface area contributed by atoms with Gasteiger partial charge in [0.1, 0.15) is 5.76 Å². The van der Waals surface area contributed by atoms with Crippen LogP contribution in [0, 0.1) is 0 Å². The normalized spacial score (nSPS) is 18.2. The summed E-state index contributed by atoms with van der Waals surface area (Å²) in [6, 6.07) is 3.82. The number of nitrogens with one attached hydrogen (secondary N) is 2. The smallest absolute Gasteiger partial charge is 0.216 e. The number of rotatable bonds is 8. The molecule has 1 saturated heterocycles. The lowest BCUT2D eigenvalue weighted by Crippen LogP contribution is -2.43. The van der Waals surface area contributed by atoms with Gasteiger partial charge in [-0.25, -0.2) is 13.1 Å². The Morgan fingerprint density at radius 3 is 2.88 bits per heavy atom. The molecule has 1 aromatic rings. The first-order valence-electron chi connectivity index (χ1n) is 8.61. The van der Waals surface area contributed by atoms with Crippen LogP contribution in [-0.4, -0.2) is 57.3 Å². The molecule has 0 radical (unpaired) electrons. The lowest BCUT2D eigenvalue weighted by atomic mass is 10.3. The third-order valence-corrected chi connectivity index (χ3v) is 5.90. The summed E-state index contributed by atoms with van der Waals surface area (Å²) in [4.78, 5) is 6.63. The van der Waals surface area contributed by atoms with Gasteiger partial charge in [0.2, 0.25) is 10.0 Å². The average Bonchev–Trinajstić information content (AvgIpc) is 3.22. The van der Waals surface area contributed by atoms with Gasteiger partial charge >= 0.3 is 0 Å². The van der Waals surface area contributed by atoms with Gasteiger partial charge in [-0.05, 0) is 25.0 Å². The van der Waals surface area contributed by atoms with E-state index in [1.54, 1.807) is 13.2 Å². The molecule has 1 aliphatic heterocycles. The topological polar surface area (TPSA) is 86.9 Å². The summed E-state index contributed by atoms with van der Waals surface area (Å²) in [5.41, 5.74) is 0. The molecule has 2 N–H and O–H groups in total. The van der Waals surface area contributed by atoms with Crippen LogP contribution < -0.4 is 10.0 Å². The van der Waals surface area contributed by atoms with Crippen molar-refractivity contribution in [1.82, 2.24) is 14.9 Å². The Morgan fingerprint density at radius 1 is 1.44 bits per heavy atom. The highest BCUT2D eigenvalue weighted by Crippen LogP contribution is 2.16. The lowest BCUT2D eigenvalue weighted by molar-refractivity contribution is 0.478. The number of furan rings is 1. The van der Waals surface area contributed by atoms with Crippen molar-refractivity contribution in [3.05, 3.63) is 24.2 Å². The van der Waals surface area contributed by atoms with Crippen molar-refractivity contribution in [1.29, 1.82) is 0 Å². The quantitative estimate of drug-likeness (QED) is 0.334. The first-order valence-corrected chi connectivity index (χ1v) is 10.2. The van der Waals surface area contributed by atoms with E-state index in [2.05, 4.69) is 22.0 Å². The van der Waals surface area contributed by atoms with Crippen molar-refractivity contribution in [3.63, 3.8) is 0 Å². The highest BCUT2D eigenvalue weighted by Gasteiger charge is 2.33. The minimum Gasteiger partial charge on any atom is -0.469 e. The van der Waals surface area contributed by atoms with Gasteiger partial charge in [-0.1, -0.05) is 13.8 Å². The monoisotopic (exact) mass is 484 g/mol.